The van der Waals surface area contributed by atoms with E-state index in [9.17, 15) is 14.4 Å². The minimum Gasteiger partial charge on any atom is -0.491 e. The van der Waals surface area contributed by atoms with E-state index in [2.05, 4.69) is 44.1 Å². The SMILES string of the molecule is CCCCCCCCOc1c(Br)cc(/C=C2/C(=O)NC(=O)N(c3ccc(OCc4ccccc4)cc3)C2=O)cc1Br. The van der Waals surface area contributed by atoms with Gasteiger partial charge in [0.25, 0.3) is 11.8 Å². The van der Waals surface area contributed by atoms with Crippen LogP contribution in [0.1, 0.15) is 56.6 Å². The van der Waals surface area contributed by atoms with Gasteiger partial charge < -0.3 is 9.47 Å². The standard InChI is InChI=1S/C32H32Br2N2O5/c1-2-3-4-5-6-10-17-40-29-27(33)19-23(20-28(29)34)18-26-30(37)35-32(39)36(31(26)38)24-13-15-25(16-14-24)41-21-22-11-8-7-9-12-22/h7-9,11-16,18-20H,2-6,10,17,21H2,1H3,(H,35,37,39)/b26-18-. The minimum absolute atomic E-state index is 0.159. The highest BCUT2D eigenvalue weighted by Gasteiger charge is 2.36. The Balaban J connectivity index is 1.43. The second-order valence-electron chi connectivity index (χ2n) is 9.66. The first-order valence-corrected chi connectivity index (χ1v) is 15.3. The number of hydrogen-bond donors (Lipinski definition) is 1. The van der Waals surface area contributed by atoms with E-state index in [4.69, 9.17) is 9.47 Å². The first kappa shape index (κ1) is 30.5. The van der Waals surface area contributed by atoms with Crippen molar-refractivity contribution in [3.8, 4) is 11.5 Å². The molecule has 0 radical (unpaired) electrons. The molecule has 0 bridgehead atoms. The van der Waals surface area contributed by atoms with E-state index < -0.39 is 17.8 Å². The molecule has 0 aromatic heterocycles. The number of carbonyl (C=O) groups is 3. The number of amides is 4. The Bertz CT molecular complexity index is 1380. The van der Waals surface area contributed by atoms with Crippen molar-refractivity contribution in [1.82, 2.24) is 5.32 Å². The Morgan fingerprint density at radius 3 is 2.17 bits per heavy atom. The largest absolute Gasteiger partial charge is 0.491 e. The number of rotatable bonds is 13. The number of carbonyl (C=O) groups excluding carboxylic acids is 3. The zero-order valence-electron chi connectivity index (χ0n) is 22.8. The van der Waals surface area contributed by atoms with Crippen LogP contribution in [0.2, 0.25) is 0 Å². The maximum atomic E-state index is 13.3. The van der Waals surface area contributed by atoms with Gasteiger partial charge in [0.2, 0.25) is 0 Å². The van der Waals surface area contributed by atoms with E-state index in [1.54, 1.807) is 36.4 Å². The van der Waals surface area contributed by atoms with E-state index in [0.717, 1.165) is 23.3 Å². The topological polar surface area (TPSA) is 84.9 Å². The van der Waals surface area contributed by atoms with Crippen molar-refractivity contribution in [2.45, 2.75) is 52.1 Å². The number of barbiturate groups is 1. The van der Waals surface area contributed by atoms with E-state index in [0.29, 0.717) is 44.9 Å². The van der Waals surface area contributed by atoms with Crippen LogP contribution in [0.15, 0.2) is 81.2 Å². The van der Waals surface area contributed by atoms with Gasteiger partial charge in [-0.05, 0) is 91.9 Å². The summed E-state index contributed by atoms with van der Waals surface area (Å²) in [4.78, 5) is 39.6. The summed E-state index contributed by atoms with van der Waals surface area (Å²) < 4.78 is 13.2. The molecule has 41 heavy (non-hydrogen) atoms. The number of halogens is 2. The molecule has 0 spiro atoms. The summed E-state index contributed by atoms with van der Waals surface area (Å²) in [5, 5.41) is 2.26. The average molecular weight is 684 g/mol. The second-order valence-corrected chi connectivity index (χ2v) is 11.4. The van der Waals surface area contributed by atoms with Crippen LogP contribution in [0.5, 0.6) is 11.5 Å². The molecular formula is C32H32Br2N2O5. The zero-order chi connectivity index (χ0) is 29.2. The molecule has 0 aliphatic carbocycles. The van der Waals surface area contributed by atoms with Crippen molar-refractivity contribution in [3.05, 3.63) is 92.4 Å². The summed E-state index contributed by atoms with van der Waals surface area (Å²) in [5.41, 5.74) is 1.77. The first-order valence-electron chi connectivity index (χ1n) is 13.7. The molecule has 7 nitrogen and oxygen atoms in total. The van der Waals surface area contributed by atoms with Crippen molar-refractivity contribution in [2.24, 2.45) is 0 Å². The molecule has 0 unspecified atom stereocenters. The summed E-state index contributed by atoms with van der Waals surface area (Å²) in [6.45, 7) is 3.18. The molecule has 1 fully saturated rings. The normalized spacial score (nSPS) is 14.4. The molecule has 0 saturated carbocycles. The third kappa shape index (κ3) is 8.30. The molecule has 1 aliphatic heterocycles. The van der Waals surface area contributed by atoms with Crippen LogP contribution in [-0.2, 0) is 16.2 Å². The zero-order valence-corrected chi connectivity index (χ0v) is 26.0. The molecule has 1 N–H and O–H groups in total. The van der Waals surface area contributed by atoms with Gasteiger partial charge in [0.1, 0.15) is 23.7 Å². The number of anilines is 1. The predicted molar refractivity (Wildman–Crippen MR) is 167 cm³/mol. The Morgan fingerprint density at radius 2 is 1.49 bits per heavy atom. The van der Waals surface area contributed by atoms with E-state index >= 15 is 0 Å². The lowest BCUT2D eigenvalue weighted by atomic mass is 10.1. The van der Waals surface area contributed by atoms with Gasteiger partial charge in [-0.3, -0.25) is 14.9 Å². The lowest BCUT2D eigenvalue weighted by Crippen LogP contribution is -2.54. The van der Waals surface area contributed by atoms with Crippen LogP contribution in [0, 0.1) is 0 Å². The Morgan fingerprint density at radius 1 is 0.829 bits per heavy atom. The molecule has 1 aliphatic rings. The lowest BCUT2D eigenvalue weighted by molar-refractivity contribution is -0.122. The Hall–Kier alpha value is -3.43. The first-order chi connectivity index (χ1) is 19.9. The average Bonchev–Trinajstić information content (AvgIpc) is 2.96. The van der Waals surface area contributed by atoms with Crippen LogP contribution in [0.4, 0.5) is 10.5 Å². The maximum Gasteiger partial charge on any atom is 0.335 e. The molecule has 4 amide bonds. The number of hydrogen-bond acceptors (Lipinski definition) is 5. The number of nitrogens with zero attached hydrogens (tertiary/aromatic N) is 1. The second kappa shape index (κ2) is 15.0. The highest BCUT2D eigenvalue weighted by Crippen LogP contribution is 2.36. The van der Waals surface area contributed by atoms with E-state index in [1.807, 2.05) is 30.3 Å². The van der Waals surface area contributed by atoms with Crippen molar-refractivity contribution >= 4 is 61.5 Å². The fourth-order valence-corrected chi connectivity index (χ4v) is 5.80. The maximum absolute atomic E-state index is 13.3. The van der Waals surface area contributed by atoms with Crippen molar-refractivity contribution < 1.29 is 23.9 Å². The third-order valence-corrected chi connectivity index (χ3v) is 7.70. The monoisotopic (exact) mass is 682 g/mol. The predicted octanol–water partition coefficient (Wildman–Crippen LogP) is 8.20. The van der Waals surface area contributed by atoms with Gasteiger partial charge in [0.05, 0.1) is 21.2 Å². The molecule has 3 aromatic rings. The quantitative estimate of drug-likeness (QED) is 0.112. The summed E-state index contributed by atoms with van der Waals surface area (Å²) in [5.74, 6) is -0.226. The van der Waals surface area contributed by atoms with Crippen LogP contribution < -0.4 is 19.7 Å². The van der Waals surface area contributed by atoms with Crippen molar-refractivity contribution in [1.29, 1.82) is 0 Å². The molecular weight excluding hydrogens is 652 g/mol. The minimum atomic E-state index is -0.809. The number of imide groups is 2. The van der Waals surface area contributed by atoms with E-state index in [1.165, 1.54) is 31.8 Å². The molecule has 0 atom stereocenters. The van der Waals surface area contributed by atoms with Crippen molar-refractivity contribution in [2.75, 3.05) is 11.5 Å². The molecule has 3 aromatic carbocycles. The number of unbranched alkanes of at least 4 members (excludes halogenated alkanes) is 5. The van der Waals surface area contributed by atoms with Gasteiger partial charge in [0, 0.05) is 0 Å². The molecule has 1 saturated heterocycles. The number of nitrogens with one attached hydrogen (secondary N) is 1. The van der Waals surface area contributed by atoms with Crippen LogP contribution in [-0.4, -0.2) is 24.5 Å². The smallest absolute Gasteiger partial charge is 0.335 e. The summed E-state index contributed by atoms with van der Waals surface area (Å²) in [7, 11) is 0. The summed E-state index contributed by atoms with van der Waals surface area (Å²) >= 11 is 7.09. The van der Waals surface area contributed by atoms with Crippen LogP contribution in [0.3, 0.4) is 0 Å². The highest BCUT2D eigenvalue weighted by atomic mass is 79.9. The molecule has 4 rings (SSSR count). The van der Waals surface area contributed by atoms with Gasteiger partial charge in [-0.15, -0.1) is 0 Å². The van der Waals surface area contributed by atoms with Gasteiger partial charge in [-0.2, -0.15) is 0 Å². The Kier molecular flexibility index (Phi) is 11.2. The van der Waals surface area contributed by atoms with Gasteiger partial charge in [0.15, 0.2) is 0 Å². The van der Waals surface area contributed by atoms with Gasteiger partial charge in [-0.1, -0.05) is 69.4 Å². The van der Waals surface area contributed by atoms with E-state index in [-0.39, 0.29) is 5.57 Å². The van der Waals surface area contributed by atoms with Crippen LogP contribution >= 0.6 is 31.9 Å². The fourth-order valence-electron chi connectivity index (χ4n) is 4.35. The van der Waals surface area contributed by atoms with Gasteiger partial charge >= 0.3 is 6.03 Å². The number of urea groups is 1. The van der Waals surface area contributed by atoms with Crippen LogP contribution in [0.25, 0.3) is 6.08 Å². The third-order valence-electron chi connectivity index (χ3n) is 6.52. The molecule has 1 heterocycles. The van der Waals surface area contributed by atoms with Crippen molar-refractivity contribution in [3.63, 3.8) is 0 Å². The fraction of sp³-hybridized carbons (Fsp3) is 0.281. The number of ether oxygens (including phenoxy) is 2. The number of benzene rings is 3. The molecule has 9 heteroatoms. The highest BCUT2D eigenvalue weighted by molar-refractivity contribution is 9.11. The lowest BCUT2D eigenvalue weighted by Gasteiger charge is -2.26. The summed E-state index contributed by atoms with van der Waals surface area (Å²) in [6.07, 6.45) is 8.48. The molecule has 214 valence electrons. The Labute approximate surface area is 257 Å². The van der Waals surface area contributed by atoms with Gasteiger partial charge in [-0.25, -0.2) is 9.69 Å². The summed E-state index contributed by atoms with van der Waals surface area (Å²) in [6, 6.07) is 19.0.